The Balaban J connectivity index is 2.26. The van der Waals surface area contributed by atoms with Gasteiger partial charge in [0.2, 0.25) is 5.91 Å². The number of sulfone groups is 1. The predicted molar refractivity (Wildman–Crippen MR) is 77.3 cm³/mol. The van der Waals surface area contributed by atoms with Gasteiger partial charge in [-0.15, -0.1) is 0 Å². The number of aryl methyl sites for hydroxylation is 1. The van der Waals surface area contributed by atoms with Crippen molar-refractivity contribution in [2.24, 2.45) is 0 Å². The number of nitrogens with zero attached hydrogens (tertiary/aromatic N) is 1. The minimum absolute atomic E-state index is 0.281. The fourth-order valence-electron chi connectivity index (χ4n) is 2.37. The molecule has 7 heteroatoms. The summed E-state index contributed by atoms with van der Waals surface area (Å²) in [5, 5.41) is 5.71. The van der Waals surface area contributed by atoms with Gasteiger partial charge in [0.15, 0.2) is 14.6 Å². The van der Waals surface area contributed by atoms with Gasteiger partial charge in [0.05, 0.1) is 0 Å². The number of nitrogens with one attached hydrogen (secondary N) is 2. The smallest absolute Gasteiger partial charge is 0.247 e. The molecule has 0 unspecified atom stereocenters. The van der Waals surface area contributed by atoms with E-state index in [0.29, 0.717) is 18.9 Å². The normalized spacial score (nSPS) is 18.5. The Hall–Kier alpha value is -1.47. The Morgan fingerprint density at radius 2 is 2.00 bits per heavy atom. The Kier molecular flexibility index (Phi) is 4.10. The van der Waals surface area contributed by atoms with Gasteiger partial charge in [-0.3, -0.25) is 4.79 Å². The second kappa shape index (κ2) is 5.49. The standard InChI is InChI=1S/C13H19N3O3S/c1-10-3-4-11(15-9-10)16-12(17)13(20(2,18)19)5-7-14-8-6-13/h3-4,9,14H,5-8H2,1-2H3,(H,15,16,17). The van der Waals surface area contributed by atoms with Crippen LogP contribution in [-0.2, 0) is 14.6 Å². The molecule has 0 spiro atoms. The maximum Gasteiger partial charge on any atom is 0.247 e. The molecule has 0 aliphatic carbocycles. The highest BCUT2D eigenvalue weighted by molar-refractivity contribution is 7.92. The van der Waals surface area contributed by atoms with Gasteiger partial charge in [-0.1, -0.05) is 6.07 Å². The van der Waals surface area contributed by atoms with Crippen molar-refractivity contribution in [3.63, 3.8) is 0 Å². The third-order valence-electron chi connectivity index (χ3n) is 3.69. The van der Waals surface area contributed by atoms with Crippen LogP contribution in [0.4, 0.5) is 5.82 Å². The highest BCUT2D eigenvalue weighted by Crippen LogP contribution is 2.29. The van der Waals surface area contributed by atoms with Crippen LogP contribution in [-0.4, -0.2) is 43.4 Å². The van der Waals surface area contributed by atoms with Gasteiger partial charge in [0.25, 0.3) is 0 Å². The van der Waals surface area contributed by atoms with E-state index in [2.05, 4.69) is 15.6 Å². The zero-order valence-corrected chi connectivity index (χ0v) is 12.5. The number of anilines is 1. The van der Waals surface area contributed by atoms with Gasteiger partial charge in [-0.05, 0) is 44.5 Å². The van der Waals surface area contributed by atoms with Crippen molar-refractivity contribution in [2.45, 2.75) is 24.5 Å². The van der Waals surface area contributed by atoms with Gasteiger partial charge in [-0.2, -0.15) is 0 Å². The van der Waals surface area contributed by atoms with Crippen LogP contribution in [0.3, 0.4) is 0 Å². The van der Waals surface area contributed by atoms with Gasteiger partial charge >= 0.3 is 0 Å². The van der Waals surface area contributed by atoms with E-state index >= 15 is 0 Å². The quantitative estimate of drug-likeness (QED) is 0.848. The molecule has 1 amide bonds. The summed E-state index contributed by atoms with van der Waals surface area (Å²) >= 11 is 0. The molecule has 1 aromatic rings. The first-order valence-corrected chi connectivity index (χ1v) is 8.39. The van der Waals surface area contributed by atoms with E-state index in [1.54, 1.807) is 12.3 Å². The number of aromatic nitrogens is 1. The molecular formula is C13H19N3O3S. The molecule has 0 aromatic carbocycles. The number of piperidine rings is 1. The van der Waals surface area contributed by atoms with E-state index in [1.165, 1.54) is 0 Å². The summed E-state index contributed by atoms with van der Waals surface area (Å²) < 4.78 is 22.8. The van der Waals surface area contributed by atoms with Crippen LogP contribution in [0, 0.1) is 6.92 Å². The maximum absolute atomic E-state index is 12.5. The number of amides is 1. The topological polar surface area (TPSA) is 88.2 Å². The van der Waals surface area contributed by atoms with Crippen LogP contribution < -0.4 is 10.6 Å². The summed E-state index contributed by atoms with van der Waals surface area (Å²) in [6, 6.07) is 3.49. The summed E-state index contributed by atoms with van der Waals surface area (Å²) in [6.07, 6.45) is 3.32. The van der Waals surface area contributed by atoms with Crippen molar-refractivity contribution in [3.05, 3.63) is 23.9 Å². The largest absolute Gasteiger partial charge is 0.317 e. The van der Waals surface area contributed by atoms with Crippen LogP contribution in [0.25, 0.3) is 0 Å². The van der Waals surface area contributed by atoms with Crippen LogP contribution in [0.1, 0.15) is 18.4 Å². The average molecular weight is 297 g/mol. The van der Waals surface area contributed by atoms with Gasteiger partial charge in [-0.25, -0.2) is 13.4 Å². The fraction of sp³-hybridized carbons (Fsp3) is 0.538. The van der Waals surface area contributed by atoms with Crippen LogP contribution in [0.2, 0.25) is 0 Å². The molecule has 0 saturated carbocycles. The Labute approximate surface area is 118 Å². The molecule has 0 atom stereocenters. The summed E-state index contributed by atoms with van der Waals surface area (Å²) in [4.78, 5) is 16.5. The van der Waals surface area contributed by atoms with Crippen molar-refractivity contribution < 1.29 is 13.2 Å². The lowest BCUT2D eigenvalue weighted by Crippen LogP contribution is -2.55. The van der Waals surface area contributed by atoms with Gasteiger partial charge in [0, 0.05) is 12.5 Å². The van der Waals surface area contributed by atoms with Crippen LogP contribution in [0.5, 0.6) is 0 Å². The van der Waals surface area contributed by atoms with E-state index in [0.717, 1.165) is 11.8 Å². The molecule has 1 fully saturated rings. The van der Waals surface area contributed by atoms with Crippen molar-refractivity contribution in [3.8, 4) is 0 Å². The molecule has 1 aliphatic heterocycles. The molecule has 0 bridgehead atoms. The van der Waals surface area contributed by atoms with E-state index in [-0.39, 0.29) is 12.8 Å². The Morgan fingerprint density at radius 1 is 1.35 bits per heavy atom. The average Bonchev–Trinajstić information content (AvgIpc) is 2.41. The lowest BCUT2D eigenvalue weighted by molar-refractivity contribution is -0.119. The third kappa shape index (κ3) is 2.83. The molecule has 110 valence electrons. The minimum atomic E-state index is -3.49. The number of hydrogen-bond donors (Lipinski definition) is 2. The number of carbonyl (C=O) groups is 1. The third-order valence-corrected chi connectivity index (χ3v) is 5.70. The van der Waals surface area contributed by atoms with Gasteiger partial charge < -0.3 is 10.6 Å². The van der Waals surface area contributed by atoms with Gasteiger partial charge in [0.1, 0.15) is 5.82 Å². The number of rotatable bonds is 3. The van der Waals surface area contributed by atoms with E-state index in [1.807, 2.05) is 13.0 Å². The fourth-order valence-corrected chi connectivity index (χ4v) is 3.70. The molecule has 1 saturated heterocycles. The predicted octanol–water partition coefficient (Wildman–Crippen LogP) is 0.495. The zero-order chi connectivity index (χ0) is 14.8. The number of pyridine rings is 1. The molecule has 2 N–H and O–H groups in total. The second-order valence-corrected chi connectivity index (χ2v) is 7.52. The first-order chi connectivity index (χ1) is 9.35. The SMILES string of the molecule is Cc1ccc(NC(=O)C2(S(C)(=O)=O)CCNCC2)nc1. The van der Waals surface area contributed by atoms with Crippen molar-refractivity contribution >= 4 is 21.6 Å². The molecular weight excluding hydrogens is 278 g/mol. The first-order valence-electron chi connectivity index (χ1n) is 6.50. The summed E-state index contributed by atoms with van der Waals surface area (Å²) in [6.45, 7) is 2.92. The zero-order valence-electron chi connectivity index (χ0n) is 11.6. The highest BCUT2D eigenvalue weighted by Gasteiger charge is 2.48. The summed E-state index contributed by atoms with van der Waals surface area (Å²) in [5.74, 6) is -0.111. The van der Waals surface area contributed by atoms with Crippen LogP contribution >= 0.6 is 0 Å². The lowest BCUT2D eigenvalue weighted by atomic mass is 9.96. The highest BCUT2D eigenvalue weighted by atomic mass is 32.2. The number of hydrogen-bond acceptors (Lipinski definition) is 5. The van der Waals surface area contributed by atoms with E-state index in [4.69, 9.17) is 0 Å². The van der Waals surface area contributed by atoms with Crippen molar-refractivity contribution in [2.75, 3.05) is 24.7 Å². The minimum Gasteiger partial charge on any atom is -0.317 e. The van der Waals surface area contributed by atoms with Crippen molar-refractivity contribution in [1.29, 1.82) is 0 Å². The lowest BCUT2D eigenvalue weighted by Gasteiger charge is -2.34. The molecule has 6 nitrogen and oxygen atoms in total. The van der Waals surface area contributed by atoms with Crippen molar-refractivity contribution in [1.82, 2.24) is 10.3 Å². The summed E-state index contributed by atoms with van der Waals surface area (Å²) in [7, 11) is -3.49. The molecule has 1 aliphatic rings. The Bertz CT molecular complexity index is 590. The summed E-state index contributed by atoms with van der Waals surface area (Å²) in [5.41, 5.74) is 0.975. The number of carbonyl (C=O) groups excluding carboxylic acids is 1. The first kappa shape index (κ1) is 14.9. The molecule has 1 aromatic heterocycles. The molecule has 2 heterocycles. The van der Waals surface area contributed by atoms with E-state index in [9.17, 15) is 13.2 Å². The van der Waals surface area contributed by atoms with E-state index < -0.39 is 20.5 Å². The van der Waals surface area contributed by atoms with Crippen LogP contribution in [0.15, 0.2) is 18.3 Å². The second-order valence-electron chi connectivity index (χ2n) is 5.19. The maximum atomic E-state index is 12.5. The Morgan fingerprint density at radius 3 is 2.50 bits per heavy atom. The molecule has 0 radical (unpaired) electrons. The molecule has 2 rings (SSSR count). The molecule has 20 heavy (non-hydrogen) atoms. The monoisotopic (exact) mass is 297 g/mol.